The van der Waals surface area contributed by atoms with E-state index in [1.54, 1.807) is 0 Å². The van der Waals surface area contributed by atoms with E-state index >= 15 is 0 Å². The van der Waals surface area contributed by atoms with Gasteiger partial charge in [-0.15, -0.1) is 0 Å². The molecule has 0 aromatic carbocycles. The summed E-state index contributed by atoms with van der Waals surface area (Å²) >= 11 is 0. The standard InChI is InChI=1S/C15H31N3/c1-5-17-9-10-18(11-13(17)2)15(12-16)8-6-7-14(15,3)4/h13H,5-12,16H2,1-4H3. The van der Waals surface area contributed by atoms with Crippen molar-refractivity contribution in [1.29, 1.82) is 0 Å². The first-order valence-corrected chi connectivity index (χ1v) is 7.66. The number of hydrogen-bond donors (Lipinski definition) is 1. The lowest BCUT2D eigenvalue weighted by Crippen LogP contribution is -2.66. The molecule has 2 rings (SSSR count). The quantitative estimate of drug-likeness (QED) is 0.834. The molecule has 2 atom stereocenters. The molecule has 3 nitrogen and oxygen atoms in total. The fraction of sp³-hybridized carbons (Fsp3) is 1.00. The van der Waals surface area contributed by atoms with Crippen LogP contribution in [0.2, 0.25) is 0 Å². The Labute approximate surface area is 113 Å². The van der Waals surface area contributed by atoms with Gasteiger partial charge in [0.05, 0.1) is 0 Å². The van der Waals surface area contributed by atoms with Gasteiger partial charge in [0, 0.05) is 37.8 Å². The minimum absolute atomic E-state index is 0.251. The SMILES string of the molecule is CCN1CCN(C2(CN)CCCC2(C)C)CC1C. The van der Waals surface area contributed by atoms with Crippen LogP contribution in [0.5, 0.6) is 0 Å². The second-order valence-electron chi connectivity index (χ2n) is 6.90. The minimum Gasteiger partial charge on any atom is -0.329 e. The second-order valence-corrected chi connectivity index (χ2v) is 6.90. The van der Waals surface area contributed by atoms with Crippen molar-refractivity contribution in [3.63, 3.8) is 0 Å². The van der Waals surface area contributed by atoms with E-state index in [0.717, 1.165) is 6.54 Å². The zero-order valence-electron chi connectivity index (χ0n) is 12.7. The molecule has 2 unspecified atom stereocenters. The molecule has 0 bridgehead atoms. The number of piperazine rings is 1. The van der Waals surface area contributed by atoms with Crippen molar-refractivity contribution in [1.82, 2.24) is 9.80 Å². The molecule has 2 aliphatic rings. The Morgan fingerprint density at radius 2 is 1.94 bits per heavy atom. The molecule has 1 saturated carbocycles. The highest BCUT2D eigenvalue weighted by atomic mass is 15.3. The molecule has 1 aliphatic carbocycles. The largest absolute Gasteiger partial charge is 0.329 e. The molecule has 106 valence electrons. The third-order valence-electron chi connectivity index (χ3n) is 5.77. The summed E-state index contributed by atoms with van der Waals surface area (Å²) in [5.74, 6) is 0. The van der Waals surface area contributed by atoms with Gasteiger partial charge < -0.3 is 5.73 Å². The summed E-state index contributed by atoms with van der Waals surface area (Å²) in [4.78, 5) is 5.31. The number of hydrogen-bond acceptors (Lipinski definition) is 3. The summed E-state index contributed by atoms with van der Waals surface area (Å²) < 4.78 is 0. The topological polar surface area (TPSA) is 32.5 Å². The zero-order chi connectivity index (χ0) is 13.4. The van der Waals surface area contributed by atoms with Gasteiger partial charge in [-0.3, -0.25) is 9.80 Å². The number of rotatable bonds is 3. The molecule has 0 amide bonds. The van der Waals surface area contributed by atoms with Gasteiger partial charge in [-0.1, -0.05) is 27.2 Å². The van der Waals surface area contributed by atoms with Crippen molar-refractivity contribution in [2.75, 3.05) is 32.7 Å². The molecule has 0 aromatic rings. The van der Waals surface area contributed by atoms with Crippen molar-refractivity contribution >= 4 is 0 Å². The molecule has 1 saturated heterocycles. The van der Waals surface area contributed by atoms with Crippen LogP contribution in [0.15, 0.2) is 0 Å². The fourth-order valence-electron chi connectivity index (χ4n) is 4.34. The van der Waals surface area contributed by atoms with Gasteiger partial charge in [-0.05, 0) is 31.7 Å². The van der Waals surface area contributed by atoms with Crippen LogP contribution in [-0.2, 0) is 0 Å². The van der Waals surface area contributed by atoms with Crippen molar-refractivity contribution in [2.24, 2.45) is 11.1 Å². The average Bonchev–Trinajstić information content (AvgIpc) is 2.65. The van der Waals surface area contributed by atoms with Crippen LogP contribution in [0.1, 0.15) is 47.0 Å². The summed E-state index contributed by atoms with van der Waals surface area (Å²) in [6.07, 6.45) is 3.95. The van der Waals surface area contributed by atoms with Gasteiger partial charge in [-0.2, -0.15) is 0 Å². The Morgan fingerprint density at radius 1 is 1.22 bits per heavy atom. The lowest BCUT2D eigenvalue weighted by molar-refractivity contribution is -0.0367. The normalized spacial score (nSPS) is 38.2. The van der Waals surface area contributed by atoms with Crippen LogP contribution in [0, 0.1) is 5.41 Å². The minimum atomic E-state index is 0.251. The van der Waals surface area contributed by atoms with E-state index in [2.05, 4.69) is 37.5 Å². The van der Waals surface area contributed by atoms with Crippen LogP contribution in [0.4, 0.5) is 0 Å². The van der Waals surface area contributed by atoms with Gasteiger partial charge in [0.2, 0.25) is 0 Å². The lowest BCUT2D eigenvalue weighted by atomic mass is 9.73. The van der Waals surface area contributed by atoms with E-state index in [9.17, 15) is 0 Å². The molecule has 0 aromatic heterocycles. The van der Waals surface area contributed by atoms with E-state index in [1.807, 2.05) is 0 Å². The molecule has 2 fully saturated rings. The average molecular weight is 253 g/mol. The van der Waals surface area contributed by atoms with Gasteiger partial charge in [0.15, 0.2) is 0 Å². The van der Waals surface area contributed by atoms with E-state index < -0.39 is 0 Å². The van der Waals surface area contributed by atoms with E-state index in [-0.39, 0.29) is 5.54 Å². The summed E-state index contributed by atoms with van der Waals surface area (Å²) in [5, 5.41) is 0. The summed E-state index contributed by atoms with van der Waals surface area (Å²) in [6, 6.07) is 0.670. The molecule has 2 N–H and O–H groups in total. The maximum Gasteiger partial charge on any atom is 0.0383 e. The third-order valence-corrected chi connectivity index (χ3v) is 5.77. The molecular weight excluding hydrogens is 222 g/mol. The van der Waals surface area contributed by atoms with E-state index in [1.165, 1.54) is 45.4 Å². The van der Waals surface area contributed by atoms with Gasteiger partial charge in [0.1, 0.15) is 0 Å². The number of nitrogens with two attached hydrogens (primary N) is 1. The highest BCUT2D eigenvalue weighted by Gasteiger charge is 2.52. The van der Waals surface area contributed by atoms with Crippen LogP contribution in [0.3, 0.4) is 0 Å². The summed E-state index contributed by atoms with van der Waals surface area (Å²) in [6.45, 7) is 15.1. The van der Waals surface area contributed by atoms with Crippen molar-refractivity contribution in [2.45, 2.75) is 58.5 Å². The monoisotopic (exact) mass is 253 g/mol. The maximum absolute atomic E-state index is 6.23. The summed E-state index contributed by atoms with van der Waals surface area (Å²) in [5.41, 5.74) is 6.85. The lowest BCUT2D eigenvalue weighted by Gasteiger charge is -2.53. The smallest absolute Gasteiger partial charge is 0.0383 e. The maximum atomic E-state index is 6.23. The molecule has 1 heterocycles. The molecule has 0 spiro atoms. The molecule has 18 heavy (non-hydrogen) atoms. The fourth-order valence-corrected chi connectivity index (χ4v) is 4.34. The number of likely N-dealkylation sites (N-methyl/N-ethyl adjacent to an activating group) is 1. The first kappa shape index (κ1) is 14.3. The van der Waals surface area contributed by atoms with Crippen molar-refractivity contribution in [3.8, 4) is 0 Å². The molecule has 0 radical (unpaired) electrons. The van der Waals surface area contributed by atoms with Crippen molar-refractivity contribution < 1.29 is 0 Å². The van der Waals surface area contributed by atoms with E-state index in [4.69, 9.17) is 5.73 Å². The van der Waals surface area contributed by atoms with Crippen LogP contribution >= 0.6 is 0 Å². The zero-order valence-corrected chi connectivity index (χ0v) is 12.7. The van der Waals surface area contributed by atoms with Crippen molar-refractivity contribution in [3.05, 3.63) is 0 Å². The van der Waals surface area contributed by atoms with E-state index in [0.29, 0.717) is 11.5 Å². The first-order valence-electron chi connectivity index (χ1n) is 7.66. The van der Waals surface area contributed by atoms with Gasteiger partial charge in [0.25, 0.3) is 0 Å². The molecule has 3 heteroatoms. The number of nitrogens with zero attached hydrogens (tertiary/aromatic N) is 2. The predicted octanol–water partition coefficient (Wildman–Crippen LogP) is 1.92. The Bertz CT molecular complexity index is 289. The first-order chi connectivity index (χ1) is 8.47. The highest BCUT2D eigenvalue weighted by Crippen LogP contribution is 2.49. The Balaban J connectivity index is 2.15. The van der Waals surface area contributed by atoms with Crippen LogP contribution in [0.25, 0.3) is 0 Å². The highest BCUT2D eigenvalue weighted by molar-refractivity contribution is 5.08. The van der Waals surface area contributed by atoms with Gasteiger partial charge >= 0.3 is 0 Å². The Hall–Kier alpha value is -0.120. The van der Waals surface area contributed by atoms with Crippen LogP contribution in [-0.4, -0.2) is 54.1 Å². The van der Waals surface area contributed by atoms with Crippen LogP contribution < -0.4 is 5.73 Å². The summed E-state index contributed by atoms with van der Waals surface area (Å²) in [7, 11) is 0. The second kappa shape index (κ2) is 5.10. The Kier molecular flexibility index (Phi) is 4.05. The third kappa shape index (κ3) is 2.10. The molecule has 1 aliphatic heterocycles. The molecular formula is C15H31N3. The predicted molar refractivity (Wildman–Crippen MR) is 77.7 cm³/mol. The van der Waals surface area contributed by atoms with Gasteiger partial charge in [-0.25, -0.2) is 0 Å². The Morgan fingerprint density at radius 3 is 2.39 bits per heavy atom.